The number of hydrogen-bond donors (Lipinski definition) is 1. The summed E-state index contributed by atoms with van der Waals surface area (Å²) >= 11 is 11.2. The molecule has 3 nitrogen and oxygen atoms in total. The summed E-state index contributed by atoms with van der Waals surface area (Å²) < 4.78 is 27.8. The van der Waals surface area contributed by atoms with E-state index < -0.39 is 12.5 Å². The summed E-state index contributed by atoms with van der Waals surface area (Å²) in [5, 5.41) is -0.476. The highest BCUT2D eigenvalue weighted by molar-refractivity contribution is 6.44. The second-order valence-corrected chi connectivity index (χ2v) is 3.24. The lowest BCUT2D eigenvalue weighted by molar-refractivity contribution is -0.0497. The van der Waals surface area contributed by atoms with Crippen molar-refractivity contribution in [1.82, 2.24) is 0 Å². The summed E-state index contributed by atoms with van der Waals surface area (Å²) in [5.74, 6) is -1.10. The molecule has 0 fully saturated rings. The third-order valence-electron chi connectivity index (χ3n) is 1.53. The number of carbonyl (C=O) groups excluding carboxylic acids is 1. The standard InChI is InChI=1S/C8H5Cl2F2NO2/c9-5-3(7(13)14)1-2-4(6(5)10)15-8(11)12/h1-2,8H,(H2,13,14). The van der Waals surface area contributed by atoms with Gasteiger partial charge in [-0.05, 0) is 12.1 Å². The van der Waals surface area contributed by atoms with Crippen molar-refractivity contribution in [2.75, 3.05) is 0 Å². The number of ether oxygens (including phenoxy) is 1. The van der Waals surface area contributed by atoms with E-state index in [1.54, 1.807) is 0 Å². The summed E-state index contributed by atoms with van der Waals surface area (Å²) in [6, 6.07) is 2.26. The van der Waals surface area contributed by atoms with Gasteiger partial charge in [-0.1, -0.05) is 23.2 Å². The second kappa shape index (κ2) is 4.63. The molecule has 0 unspecified atom stereocenters. The number of carbonyl (C=O) groups is 1. The molecule has 0 radical (unpaired) electrons. The van der Waals surface area contributed by atoms with E-state index in [4.69, 9.17) is 28.9 Å². The van der Waals surface area contributed by atoms with Crippen molar-refractivity contribution < 1.29 is 18.3 Å². The Morgan fingerprint density at radius 1 is 1.33 bits per heavy atom. The molecule has 1 rings (SSSR count). The molecule has 0 aliphatic rings. The number of hydrogen-bond acceptors (Lipinski definition) is 2. The second-order valence-electron chi connectivity index (χ2n) is 2.48. The average molecular weight is 256 g/mol. The van der Waals surface area contributed by atoms with Crippen molar-refractivity contribution in [3.05, 3.63) is 27.7 Å². The number of nitrogens with two attached hydrogens (primary N) is 1. The van der Waals surface area contributed by atoms with Crippen molar-refractivity contribution in [3.63, 3.8) is 0 Å². The molecular formula is C8H5Cl2F2NO2. The summed E-state index contributed by atoms with van der Waals surface area (Å²) in [5.41, 5.74) is 4.91. The fourth-order valence-corrected chi connectivity index (χ4v) is 1.37. The van der Waals surface area contributed by atoms with Gasteiger partial charge in [0.25, 0.3) is 0 Å². The van der Waals surface area contributed by atoms with Gasteiger partial charge in [-0.25, -0.2) is 0 Å². The van der Waals surface area contributed by atoms with Crippen LogP contribution < -0.4 is 10.5 Å². The lowest BCUT2D eigenvalue weighted by Crippen LogP contribution is -2.12. The van der Waals surface area contributed by atoms with E-state index in [2.05, 4.69) is 4.74 Å². The first kappa shape index (κ1) is 12.0. The van der Waals surface area contributed by atoms with E-state index in [1.165, 1.54) is 0 Å². The maximum absolute atomic E-state index is 11.9. The van der Waals surface area contributed by atoms with Gasteiger partial charge in [0, 0.05) is 0 Å². The Morgan fingerprint density at radius 3 is 2.40 bits per heavy atom. The molecule has 82 valence electrons. The normalized spacial score (nSPS) is 10.5. The van der Waals surface area contributed by atoms with Crippen LogP contribution in [-0.2, 0) is 0 Å². The monoisotopic (exact) mass is 255 g/mol. The highest BCUT2D eigenvalue weighted by Crippen LogP contribution is 2.35. The minimum absolute atomic E-state index is 0.0525. The van der Waals surface area contributed by atoms with Crippen LogP contribution >= 0.6 is 23.2 Å². The highest BCUT2D eigenvalue weighted by atomic mass is 35.5. The molecule has 1 amide bonds. The SMILES string of the molecule is NC(=O)c1ccc(OC(F)F)c(Cl)c1Cl. The van der Waals surface area contributed by atoms with Gasteiger partial charge in [0.1, 0.15) is 10.8 Å². The molecule has 2 N–H and O–H groups in total. The van der Waals surface area contributed by atoms with Gasteiger partial charge < -0.3 is 10.5 Å². The van der Waals surface area contributed by atoms with Gasteiger partial charge in [-0.15, -0.1) is 0 Å². The third-order valence-corrected chi connectivity index (χ3v) is 2.39. The molecule has 7 heteroatoms. The quantitative estimate of drug-likeness (QED) is 0.903. The van der Waals surface area contributed by atoms with E-state index in [9.17, 15) is 13.6 Å². The Balaban J connectivity index is 3.15. The lowest BCUT2D eigenvalue weighted by Gasteiger charge is -2.09. The van der Waals surface area contributed by atoms with Crippen LogP contribution in [0, 0.1) is 0 Å². The number of rotatable bonds is 3. The van der Waals surface area contributed by atoms with Crippen molar-refractivity contribution in [3.8, 4) is 5.75 Å². The topological polar surface area (TPSA) is 52.3 Å². The largest absolute Gasteiger partial charge is 0.433 e. The Kier molecular flexibility index (Phi) is 3.71. The van der Waals surface area contributed by atoms with Gasteiger partial charge in [0.05, 0.1) is 10.6 Å². The number of primary amides is 1. The minimum Gasteiger partial charge on any atom is -0.433 e. The van der Waals surface area contributed by atoms with Crippen LogP contribution in [0.15, 0.2) is 12.1 Å². The summed E-state index contributed by atoms with van der Waals surface area (Å²) in [6.07, 6.45) is 0. The highest BCUT2D eigenvalue weighted by Gasteiger charge is 2.16. The minimum atomic E-state index is -3.02. The van der Waals surface area contributed by atoms with Crippen LogP contribution in [0.3, 0.4) is 0 Å². The molecule has 1 aromatic carbocycles. The molecule has 0 spiro atoms. The molecular weight excluding hydrogens is 251 g/mol. The predicted molar refractivity (Wildman–Crippen MR) is 51.6 cm³/mol. The first-order valence-corrected chi connectivity index (χ1v) is 4.41. The molecule has 0 aliphatic carbocycles. The van der Waals surface area contributed by atoms with Crippen LogP contribution in [0.2, 0.25) is 10.0 Å². The Labute approximate surface area is 93.7 Å². The Hall–Kier alpha value is -1.07. The molecule has 0 saturated heterocycles. The van der Waals surface area contributed by atoms with Crippen molar-refractivity contribution in [1.29, 1.82) is 0 Å². The van der Waals surface area contributed by atoms with Crippen molar-refractivity contribution in [2.45, 2.75) is 6.61 Å². The summed E-state index contributed by atoms with van der Waals surface area (Å²) in [6.45, 7) is -3.02. The third kappa shape index (κ3) is 2.70. The van der Waals surface area contributed by atoms with Gasteiger partial charge in [0.15, 0.2) is 0 Å². The number of benzene rings is 1. The Bertz CT molecular complexity index is 398. The van der Waals surface area contributed by atoms with Crippen LogP contribution in [0.1, 0.15) is 10.4 Å². The maximum atomic E-state index is 11.9. The van der Waals surface area contributed by atoms with E-state index in [1.807, 2.05) is 0 Å². The van der Waals surface area contributed by atoms with E-state index in [-0.39, 0.29) is 21.4 Å². The van der Waals surface area contributed by atoms with Crippen molar-refractivity contribution in [2.24, 2.45) is 5.73 Å². The number of halogens is 4. The molecule has 0 bridgehead atoms. The van der Waals surface area contributed by atoms with Crippen LogP contribution in [0.25, 0.3) is 0 Å². The summed E-state index contributed by atoms with van der Waals surface area (Å²) in [4.78, 5) is 10.8. The molecule has 0 atom stereocenters. The lowest BCUT2D eigenvalue weighted by atomic mass is 10.2. The smallest absolute Gasteiger partial charge is 0.387 e. The summed E-state index contributed by atoms with van der Waals surface area (Å²) in [7, 11) is 0. The molecule has 0 heterocycles. The van der Waals surface area contributed by atoms with Gasteiger partial charge in [-0.2, -0.15) is 8.78 Å². The number of amides is 1. The molecule has 15 heavy (non-hydrogen) atoms. The zero-order chi connectivity index (χ0) is 11.6. The van der Waals surface area contributed by atoms with E-state index in [0.29, 0.717) is 0 Å². The zero-order valence-electron chi connectivity index (χ0n) is 7.14. The van der Waals surface area contributed by atoms with Crippen molar-refractivity contribution >= 4 is 29.1 Å². The van der Waals surface area contributed by atoms with Gasteiger partial charge in [0.2, 0.25) is 5.91 Å². The first-order chi connectivity index (χ1) is 6.93. The van der Waals surface area contributed by atoms with Gasteiger partial charge >= 0.3 is 6.61 Å². The fraction of sp³-hybridized carbons (Fsp3) is 0.125. The van der Waals surface area contributed by atoms with Crippen LogP contribution in [-0.4, -0.2) is 12.5 Å². The van der Waals surface area contributed by atoms with E-state index >= 15 is 0 Å². The zero-order valence-corrected chi connectivity index (χ0v) is 8.65. The average Bonchev–Trinajstić information content (AvgIpc) is 2.12. The molecule has 0 aromatic heterocycles. The molecule has 0 saturated carbocycles. The van der Waals surface area contributed by atoms with Crippen LogP contribution in [0.5, 0.6) is 5.75 Å². The fourth-order valence-electron chi connectivity index (χ4n) is 0.909. The maximum Gasteiger partial charge on any atom is 0.387 e. The number of alkyl halides is 2. The Morgan fingerprint density at radius 2 is 1.93 bits per heavy atom. The van der Waals surface area contributed by atoms with E-state index in [0.717, 1.165) is 12.1 Å². The van der Waals surface area contributed by atoms with Gasteiger partial charge in [-0.3, -0.25) is 4.79 Å². The molecule has 0 aliphatic heterocycles. The predicted octanol–water partition coefficient (Wildman–Crippen LogP) is 2.69. The van der Waals surface area contributed by atoms with Crippen LogP contribution in [0.4, 0.5) is 8.78 Å². The first-order valence-electron chi connectivity index (χ1n) is 3.66. The molecule has 1 aromatic rings.